The molecule has 3 rings (SSSR count). The maximum Gasteiger partial charge on any atom is 0.0597 e. The van der Waals surface area contributed by atoms with Crippen molar-refractivity contribution in [3.63, 3.8) is 0 Å². The van der Waals surface area contributed by atoms with Crippen LogP contribution >= 0.6 is 0 Å². The normalized spacial score (nSPS) is 41.6. The fourth-order valence-corrected chi connectivity index (χ4v) is 4.13. The van der Waals surface area contributed by atoms with Gasteiger partial charge in [-0.1, -0.05) is 37.3 Å². The van der Waals surface area contributed by atoms with Crippen molar-refractivity contribution in [2.75, 3.05) is 0 Å². The Bertz CT molecular complexity index is 450. The first-order valence-corrected chi connectivity index (χ1v) is 7.80. The van der Waals surface area contributed by atoms with Gasteiger partial charge in [0.1, 0.15) is 0 Å². The minimum atomic E-state index is 0.290. The molecule has 1 aromatic carbocycles. The van der Waals surface area contributed by atoms with Crippen molar-refractivity contribution in [2.45, 2.75) is 51.4 Å². The molecule has 110 valence electrons. The summed E-state index contributed by atoms with van der Waals surface area (Å²) in [4.78, 5) is 0. The third-order valence-corrected chi connectivity index (χ3v) is 5.45. The van der Waals surface area contributed by atoms with Gasteiger partial charge < -0.3 is 4.74 Å². The molecule has 1 heterocycles. The summed E-state index contributed by atoms with van der Waals surface area (Å²) in [6, 6.07) is 11.2. The average molecular weight is 274 g/mol. The topological polar surface area (TPSA) is 47.3 Å². The summed E-state index contributed by atoms with van der Waals surface area (Å²) in [6.45, 7) is 6.66. The van der Waals surface area contributed by atoms with E-state index >= 15 is 0 Å². The third-order valence-electron chi connectivity index (χ3n) is 5.45. The summed E-state index contributed by atoms with van der Waals surface area (Å²) >= 11 is 0. The monoisotopic (exact) mass is 274 g/mol. The molecule has 1 saturated heterocycles. The lowest BCUT2D eigenvalue weighted by atomic mass is 9.81. The largest absolute Gasteiger partial charge is 0.375 e. The second-order valence-electron chi connectivity index (χ2n) is 6.59. The van der Waals surface area contributed by atoms with Gasteiger partial charge in [-0.15, -0.1) is 0 Å². The Hall–Kier alpha value is -0.900. The van der Waals surface area contributed by atoms with E-state index < -0.39 is 0 Å². The molecule has 1 saturated carbocycles. The fourth-order valence-electron chi connectivity index (χ4n) is 4.13. The predicted octanol–water partition coefficient (Wildman–Crippen LogP) is 2.68. The highest BCUT2D eigenvalue weighted by molar-refractivity contribution is 5.27. The van der Waals surface area contributed by atoms with Gasteiger partial charge in [-0.05, 0) is 43.6 Å². The first-order chi connectivity index (χ1) is 9.63. The summed E-state index contributed by atoms with van der Waals surface area (Å²) in [6.07, 6.45) is 1.86. The molecule has 0 spiro atoms. The molecule has 7 unspecified atom stereocenters. The van der Waals surface area contributed by atoms with Gasteiger partial charge in [0.15, 0.2) is 0 Å². The van der Waals surface area contributed by atoms with Crippen LogP contribution in [0, 0.1) is 17.8 Å². The van der Waals surface area contributed by atoms with E-state index in [9.17, 15) is 0 Å². The highest BCUT2D eigenvalue weighted by atomic mass is 16.5. The number of ether oxygens (including phenoxy) is 1. The van der Waals surface area contributed by atoms with Crippen LogP contribution in [0.4, 0.5) is 0 Å². The van der Waals surface area contributed by atoms with Gasteiger partial charge in [0.05, 0.1) is 12.2 Å². The Balaban J connectivity index is 1.73. The molecule has 3 N–H and O–H groups in total. The Morgan fingerprint density at radius 3 is 2.40 bits per heavy atom. The van der Waals surface area contributed by atoms with Crippen LogP contribution in [0.5, 0.6) is 0 Å². The van der Waals surface area contributed by atoms with E-state index in [0.717, 1.165) is 0 Å². The predicted molar refractivity (Wildman–Crippen MR) is 81.1 cm³/mol. The Labute approximate surface area is 121 Å². The molecule has 2 aliphatic rings. The van der Waals surface area contributed by atoms with E-state index in [1.807, 2.05) is 0 Å². The number of nitrogens with one attached hydrogen (secondary N) is 1. The molecule has 20 heavy (non-hydrogen) atoms. The van der Waals surface area contributed by atoms with Crippen molar-refractivity contribution < 1.29 is 4.74 Å². The highest BCUT2D eigenvalue weighted by Gasteiger charge is 2.51. The van der Waals surface area contributed by atoms with Gasteiger partial charge in [-0.3, -0.25) is 11.3 Å². The smallest absolute Gasteiger partial charge is 0.0597 e. The summed E-state index contributed by atoms with van der Waals surface area (Å²) in [7, 11) is 0. The zero-order valence-electron chi connectivity index (χ0n) is 12.6. The Morgan fingerprint density at radius 2 is 1.85 bits per heavy atom. The first kappa shape index (κ1) is 14.1. The summed E-state index contributed by atoms with van der Waals surface area (Å²) in [5.74, 6) is 8.27. The number of rotatable bonds is 4. The second-order valence-corrected chi connectivity index (χ2v) is 6.59. The van der Waals surface area contributed by atoms with Crippen molar-refractivity contribution in [1.29, 1.82) is 0 Å². The molecule has 1 aliphatic carbocycles. The van der Waals surface area contributed by atoms with E-state index in [0.29, 0.717) is 35.8 Å². The lowest BCUT2D eigenvalue weighted by Crippen LogP contribution is -2.47. The average Bonchev–Trinajstić information content (AvgIpc) is 3.20. The van der Waals surface area contributed by atoms with Gasteiger partial charge >= 0.3 is 0 Å². The minimum absolute atomic E-state index is 0.290. The minimum Gasteiger partial charge on any atom is -0.375 e. The van der Waals surface area contributed by atoms with Crippen molar-refractivity contribution in [2.24, 2.45) is 23.6 Å². The SMILES string of the molecule is CC1OC(C)C(C(NN)C2CC2c2ccccc2)C1C. The van der Waals surface area contributed by atoms with Crippen LogP contribution in [0.1, 0.15) is 38.7 Å². The molecular weight excluding hydrogens is 248 g/mol. The van der Waals surface area contributed by atoms with E-state index in [2.05, 4.69) is 56.5 Å². The van der Waals surface area contributed by atoms with Crippen LogP contribution in [0.3, 0.4) is 0 Å². The molecule has 3 nitrogen and oxygen atoms in total. The van der Waals surface area contributed by atoms with Crippen molar-refractivity contribution in [3.05, 3.63) is 35.9 Å². The number of nitrogens with two attached hydrogens (primary N) is 1. The van der Waals surface area contributed by atoms with Crippen LogP contribution < -0.4 is 11.3 Å². The van der Waals surface area contributed by atoms with Gasteiger partial charge in [0.2, 0.25) is 0 Å². The number of benzene rings is 1. The van der Waals surface area contributed by atoms with Gasteiger partial charge in [-0.25, -0.2) is 0 Å². The van der Waals surface area contributed by atoms with E-state index in [-0.39, 0.29) is 6.10 Å². The van der Waals surface area contributed by atoms with Gasteiger partial charge in [-0.2, -0.15) is 0 Å². The van der Waals surface area contributed by atoms with Crippen molar-refractivity contribution in [3.8, 4) is 0 Å². The molecule has 0 aromatic heterocycles. The molecule has 0 radical (unpaired) electrons. The lowest BCUT2D eigenvalue weighted by molar-refractivity contribution is 0.0465. The second kappa shape index (κ2) is 5.47. The van der Waals surface area contributed by atoms with Crippen LogP contribution in [-0.4, -0.2) is 18.2 Å². The first-order valence-electron chi connectivity index (χ1n) is 7.80. The van der Waals surface area contributed by atoms with E-state index in [1.165, 1.54) is 12.0 Å². The lowest BCUT2D eigenvalue weighted by Gasteiger charge is -2.29. The zero-order valence-corrected chi connectivity index (χ0v) is 12.6. The van der Waals surface area contributed by atoms with Gasteiger partial charge in [0.25, 0.3) is 0 Å². The standard InChI is InChI=1S/C17H26N2O/c1-10-11(2)20-12(3)16(10)17(19-18)15-9-14(15)13-7-5-4-6-8-13/h4-8,10-12,14-17,19H,9,18H2,1-3H3. The quantitative estimate of drug-likeness (QED) is 0.655. The number of hydrogen-bond donors (Lipinski definition) is 2. The molecule has 1 aliphatic heterocycles. The molecule has 1 aromatic rings. The molecule has 0 amide bonds. The molecule has 7 atom stereocenters. The molecule has 2 fully saturated rings. The van der Waals surface area contributed by atoms with Crippen molar-refractivity contribution >= 4 is 0 Å². The van der Waals surface area contributed by atoms with Crippen LogP contribution in [-0.2, 0) is 4.74 Å². The highest BCUT2D eigenvalue weighted by Crippen LogP contribution is 2.53. The maximum absolute atomic E-state index is 5.99. The maximum atomic E-state index is 5.99. The Kier molecular flexibility index (Phi) is 3.85. The zero-order chi connectivity index (χ0) is 14.3. The van der Waals surface area contributed by atoms with E-state index in [4.69, 9.17) is 10.6 Å². The summed E-state index contributed by atoms with van der Waals surface area (Å²) in [5, 5.41) is 0. The van der Waals surface area contributed by atoms with Crippen LogP contribution in [0.15, 0.2) is 30.3 Å². The molecule has 0 bridgehead atoms. The van der Waals surface area contributed by atoms with Crippen molar-refractivity contribution in [1.82, 2.24) is 5.43 Å². The Morgan fingerprint density at radius 1 is 1.15 bits per heavy atom. The van der Waals surface area contributed by atoms with Crippen LogP contribution in [0.2, 0.25) is 0 Å². The third kappa shape index (κ3) is 2.39. The van der Waals surface area contributed by atoms with Gasteiger partial charge in [0, 0.05) is 12.0 Å². The molecule has 3 heteroatoms. The van der Waals surface area contributed by atoms with Crippen LogP contribution in [0.25, 0.3) is 0 Å². The summed E-state index contributed by atoms with van der Waals surface area (Å²) in [5.41, 5.74) is 4.56. The fraction of sp³-hybridized carbons (Fsp3) is 0.647. The molecular formula is C17H26N2O. The van der Waals surface area contributed by atoms with E-state index in [1.54, 1.807) is 0 Å². The number of hydrazine groups is 1. The summed E-state index contributed by atoms with van der Waals surface area (Å²) < 4.78 is 5.99. The number of hydrogen-bond acceptors (Lipinski definition) is 3.